The Kier molecular flexibility index (Phi) is 28.9. The van der Waals surface area contributed by atoms with Crippen LogP contribution < -0.4 is 18.9 Å². The van der Waals surface area contributed by atoms with Gasteiger partial charge in [-0.15, -0.1) is 0 Å². The predicted molar refractivity (Wildman–Crippen MR) is 253 cm³/mol. The Hall–Kier alpha value is -5.52. The largest absolute Gasteiger partial charge is 0.494 e. The third-order valence-corrected chi connectivity index (χ3v) is 11.0. The highest BCUT2D eigenvalue weighted by Crippen LogP contribution is 2.29. The summed E-state index contributed by atoms with van der Waals surface area (Å²) in [7, 11) is 0. The van der Waals surface area contributed by atoms with Gasteiger partial charge in [-0.2, -0.15) is 0 Å². The number of hydrogen-bond acceptors (Lipinski definition) is 10. The molecule has 362 valence electrons. The van der Waals surface area contributed by atoms with Gasteiger partial charge in [0.1, 0.15) is 11.5 Å². The van der Waals surface area contributed by atoms with Crippen LogP contribution in [0.25, 0.3) is 0 Å². The molecular weight excluding hydrogens is 847 g/mol. The van der Waals surface area contributed by atoms with Crippen LogP contribution in [0.3, 0.4) is 0 Å². The summed E-state index contributed by atoms with van der Waals surface area (Å²) in [4.78, 5) is 47.5. The molecule has 0 spiro atoms. The number of rotatable bonds is 38. The zero-order valence-electron chi connectivity index (χ0n) is 39.0. The normalized spacial score (nSPS) is 10.8. The van der Waals surface area contributed by atoms with E-state index in [1.165, 1.54) is 126 Å². The molecule has 0 aromatic heterocycles. The number of unbranched alkanes of at least 4 members (excludes halogenated alkanes) is 22. The zero-order valence-corrected chi connectivity index (χ0v) is 39.0. The number of carbonyl (C=O) groups excluding carboxylic acids is 4. The summed E-state index contributed by atoms with van der Waals surface area (Å²) >= 11 is 0. The standard InChI is InChI=1S/C54H72F2O10/c1-3-51(57)63-39-27-23-19-15-11-7-5-9-13-17-21-25-37-61-45-33-29-43(30-34-45)53(59)65-49-41-48(56)50(42-47(49)55)66-54(60)44-31-35-46(36-32-44)62-38-26-22-18-14-10-6-8-12-16-20-24-28-40-64-52(58)4-2/h3-4,29-36,41-42H,1-2,5-28,37-40H2. The molecule has 66 heavy (non-hydrogen) atoms. The first kappa shape index (κ1) is 54.8. The molecule has 0 aliphatic carbocycles. The van der Waals surface area contributed by atoms with Crippen LogP contribution in [-0.2, 0) is 19.1 Å². The van der Waals surface area contributed by atoms with Crippen molar-refractivity contribution in [3.05, 3.63) is 109 Å². The number of hydrogen-bond donors (Lipinski definition) is 0. The first-order chi connectivity index (χ1) is 32.2. The van der Waals surface area contributed by atoms with E-state index < -0.39 is 35.1 Å². The lowest BCUT2D eigenvalue weighted by molar-refractivity contribution is -0.138. The van der Waals surface area contributed by atoms with E-state index in [1.54, 1.807) is 24.3 Å². The number of carbonyl (C=O) groups is 4. The van der Waals surface area contributed by atoms with E-state index in [0.29, 0.717) is 50.1 Å². The third-order valence-electron chi connectivity index (χ3n) is 11.0. The summed E-state index contributed by atoms with van der Waals surface area (Å²) in [6.07, 6.45) is 29.6. The first-order valence-corrected chi connectivity index (χ1v) is 24.2. The van der Waals surface area contributed by atoms with Crippen molar-refractivity contribution < 1.29 is 56.4 Å². The van der Waals surface area contributed by atoms with Gasteiger partial charge in [-0.05, 0) is 74.2 Å². The van der Waals surface area contributed by atoms with Gasteiger partial charge in [-0.3, -0.25) is 0 Å². The van der Waals surface area contributed by atoms with Crippen LogP contribution in [0.1, 0.15) is 175 Å². The molecular formula is C54H72F2O10. The molecule has 12 heteroatoms. The maximum Gasteiger partial charge on any atom is 0.343 e. The Labute approximate surface area is 391 Å². The van der Waals surface area contributed by atoms with Crippen LogP contribution in [-0.4, -0.2) is 50.3 Å². The molecule has 0 aliphatic rings. The molecule has 0 amide bonds. The van der Waals surface area contributed by atoms with E-state index in [2.05, 4.69) is 13.2 Å². The van der Waals surface area contributed by atoms with Crippen molar-refractivity contribution in [2.75, 3.05) is 26.4 Å². The van der Waals surface area contributed by atoms with Gasteiger partial charge in [0, 0.05) is 24.3 Å². The maximum absolute atomic E-state index is 14.9. The Morgan fingerprint density at radius 1 is 0.394 bits per heavy atom. The first-order valence-electron chi connectivity index (χ1n) is 24.2. The van der Waals surface area contributed by atoms with Crippen LogP contribution >= 0.6 is 0 Å². The van der Waals surface area contributed by atoms with Gasteiger partial charge >= 0.3 is 23.9 Å². The second-order valence-electron chi connectivity index (χ2n) is 16.5. The Balaban J connectivity index is 1.22. The molecule has 3 aromatic rings. The number of ether oxygens (including phenoxy) is 6. The summed E-state index contributed by atoms with van der Waals surface area (Å²) in [5.41, 5.74) is 0.252. The monoisotopic (exact) mass is 919 g/mol. The summed E-state index contributed by atoms with van der Waals surface area (Å²) in [5.74, 6) is -4.74. The van der Waals surface area contributed by atoms with Crippen molar-refractivity contribution in [1.82, 2.24) is 0 Å². The minimum absolute atomic E-state index is 0.126. The van der Waals surface area contributed by atoms with Gasteiger partial charge in [0.2, 0.25) is 0 Å². The molecule has 0 atom stereocenters. The maximum atomic E-state index is 14.9. The third kappa shape index (κ3) is 24.7. The van der Waals surface area contributed by atoms with Crippen molar-refractivity contribution >= 4 is 23.9 Å². The van der Waals surface area contributed by atoms with Crippen LogP contribution in [0.15, 0.2) is 86.0 Å². The fraction of sp³-hybridized carbons (Fsp3) is 0.519. The molecule has 0 radical (unpaired) electrons. The van der Waals surface area contributed by atoms with Gasteiger partial charge in [0.05, 0.1) is 37.6 Å². The molecule has 0 saturated carbocycles. The number of benzene rings is 3. The Bertz CT molecular complexity index is 1730. The van der Waals surface area contributed by atoms with Gasteiger partial charge in [-0.1, -0.05) is 142 Å². The number of halogens is 2. The second kappa shape index (κ2) is 34.8. The van der Waals surface area contributed by atoms with Crippen LogP contribution in [0.4, 0.5) is 8.78 Å². The molecule has 3 aromatic carbocycles. The molecule has 0 bridgehead atoms. The zero-order chi connectivity index (χ0) is 47.5. The lowest BCUT2D eigenvalue weighted by atomic mass is 10.1. The van der Waals surface area contributed by atoms with Gasteiger partial charge in [0.15, 0.2) is 23.1 Å². The topological polar surface area (TPSA) is 124 Å². The molecule has 0 fully saturated rings. The minimum Gasteiger partial charge on any atom is -0.494 e. The summed E-state index contributed by atoms with van der Waals surface area (Å²) in [6, 6.07) is 13.8. The highest BCUT2D eigenvalue weighted by atomic mass is 19.1. The average Bonchev–Trinajstić information content (AvgIpc) is 3.32. The van der Waals surface area contributed by atoms with E-state index in [0.717, 1.165) is 64.2 Å². The van der Waals surface area contributed by atoms with E-state index in [-0.39, 0.29) is 23.1 Å². The average molecular weight is 919 g/mol. The lowest BCUT2D eigenvalue weighted by Crippen LogP contribution is -2.12. The van der Waals surface area contributed by atoms with Crippen LogP contribution in [0, 0.1) is 11.6 Å². The molecule has 0 heterocycles. The molecule has 0 saturated heterocycles. The van der Waals surface area contributed by atoms with E-state index in [9.17, 15) is 28.0 Å². The lowest BCUT2D eigenvalue weighted by Gasteiger charge is -2.11. The van der Waals surface area contributed by atoms with Crippen molar-refractivity contribution in [3.63, 3.8) is 0 Å². The van der Waals surface area contributed by atoms with Gasteiger partial charge in [0.25, 0.3) is 0 Å². The van der Waals surface area contributed by atoms with E-state index >= 15 is 0 Å². The summed E-state index contributed by atoms with van der Waals surface area (Å²) in [5, 5.41) is 0. The fourth-order valence-corrected chi connectivity index (χ4v) is 7.15. The van der Waals surface area contributed by atoms with Crippen molar-refractivity contribution in [3.8, 4) is 23.0 Å². The summed E-state index contributed by atoms with van der Waals surface area (Å²) in [6.45, 7) is 8.80. The fourth-order valence-electron chi connectivity index (χ4n) is 7.15. The molecule has 0 unspecified atom stereocenters. The molecule has 10 nitrogen and oxygen atoms in total. The SMILES string of the molecule is C=CC(=O)OCCCCCCCCCCCCCCOc1ccc(C(=O)Oc2cc(F)c(OC(=O)c3ccc(OCCCCCCCCCCCCCCOC(=O)C=C)cc3)cc2F)cc1. The molecule has 0 N–H and O–H groups in total. The van der Waals surface area contributed by atoms with Gasteiger partial charge < -0.3 is 28.4 Å². The summed E-state index contributed by atoms with van der Waals surface area (Å²) < 4.78 is 61.7. The second-order valence-corrected chi connectivity index (χ2v) is 16.5. The van der Waals surface area contributed by atoms with E-state index in [4.69, 9.17) is 28.4 Å². The predicted octanol–water partition coefficient (Wildman–Crippen LogP) is 14.0. The van der Waals surface area contributed by atoms with Crippen molar-refractivity contribution in [2.45, 2.75) is 154 Å². The minimum atomic E-state index is -1.07. The highest BCUT2D eigenvalue weighted by Gasteiger charge is 2.19. The molecule has 3 rings (SSSR count). The van der Waals surface area contributed by atoms with Crippen LogP contribution in [0.2, 0.25) is 0 Å². The van der Waals surface area contributed by atoms with Crippen LogP contribution in [0.5, 0.6) is 23.0 Å². The van der Waals surface area contributed by atoms with Crippen molar-refractivity contribution in [1.29, 1.82) is 0 Å². The van der Waals surface area contributed by atoms with E-state index in [1.807, 2.05) is 0 Å². The Morgan fingerprint density at radius 3 is 0.924 bits per heavy atom. The highest BCUT2D eigenvalue weighted by molar-refractivity contribution is 5.92. The Morgan fingerprint density at radius 2 is 0.652 bits per heavy atom. The quantitative estimate of drug-likeness (QED) is 0.0237. The van der Waals surface area contributed by atoms with Gasteiger partial charge in [-0.25, -0.2) is 28.0 Å². The smallest absolute Gasteiger partial charge is 0.343 e. The molecule has 0 aliphatic heterocycles. The van der Waals surface area contributed by atoms with Crippen molar-refractivity contribution in [2.24, 2.45) is 0 Å². The number of esters is 4.